The molecule has 0 spiro atoms. The highest BCUT2D eigenvalue weighted by molar-refractivity contribution is 7.81. The molecule has 3 rings (SSSR count). The Balaban J connectivity index is 2.21. The van der Waals surface area contributed by atoms with Crippen molar-refractivity contribution in [3.63, 3.8) is 0 Å². The Morgan fingerprint density at radius 1 is 0.765 bits per heavy atom. The van der Waals surface area contributed by atoms with Gasteiger partial charge in [-0.1, -0.05) is 91.0 Å². The molecule has 0 aliphatic heterocycles. The third-order valence-corrected chi connectivity index (χ3v) is 6.36. The van der Waals surface area contributed by atoms with Gasteiger partial charge in [-0.25, -0.2) is 0 Å². The highest BCUT2D eigenvalue weighted by Crippen LogP contribution is 2.45. The van der Waals surface area contributed by atoms with E-state index in [0.29, 0.717) is 16.7 Å². The number of nitrogens with one attached hydrogen (secondary N) is 1. The molecule has 2 unspecified atom stereocenters. The van der Waals surface area contributed by atoms with Crippen molar-refractivity contribution in [1.82, 2.24) is 5.32 Å². The van der Waals surface area contributed by atoms with Gasteiger partial charge in [0.2, 0.25) is 0 Å². The van der Waals surface area contributed by atoms with Crippen LogP contribution in [-0.2, 0) is 10.2 Å². The third kappa shape index (κ3) is 4.95. The Kier molecular flexibility index (Phi) is 7.67. The van der Waals surface area contributed by atoms with Crippen molar-refractivity contribution >= 4 is 18.6 Å². The van der Waals surface area contributed by atoms with Crippen molar-refractivity contribution < 1.29 is 31.9 Å². The zero-order chi connectivity index (χ0) is 25.0. The molecule has 180 valence electrons. The van der Waals surface area contributed by atoms with Gasteiger partial charge in [-0.05, 0) is 16.7 Å². The van der Waals surface area contributed by atoms with Crippen LogP contribution in [-0.4, -0.2) is 41.0 Å². The fourth-order valence-corrected chi connectivity index (χ4v) is 4.72. The number of carbonyl (C=O) groups is 1. The van der Waals surface area contributed by atoms with Crippen LogP contribution in [0, 0.1) is 0 Å². The van der Waals surface area contributed by atoms with Crippen molar-refractivity contribution in [3.05, 3.63) is 108 Å². The first kappa shape index (κ1) is 25.7. The zero-order valence-corrected chi connectivity index (χ0v) is 18.6. The molecule has 0 aromatic heterocycles. The average Bonchev–Trinajstić information content (AvgIpc) is 2.81. The normalized spacial score (nSPS) is 14.4. The van der Waals surface area contributed by atoms with Crippen LogP contribution in [0.2, 0.25) is 0 Å². The largest absolute Gasteiger partial charge is 0.480 e. The van der Waals surface area contributed by atoms with E-state index in [1.165, 1.54) is 0 Å². The monoisotopic (exact) mass is 495 g/mol. The van der Waals surface area contributed by atoms with Crippen LogP contribution in [0.25, 0.3) is 0 Å². The molecule has 0 radical (unpaired) electrons. The summed E-state index contributed by atoms with van der Waals surface area (Å²) in [7, 11) is 0. The molecule has 3 aromatic rings. The minimum absolute atomic E-state index is 0.600. The Morgan fingerprint density at radius 2 is 1.12 bits per heavy atom. The molecular weight excluding hydrogens is 473 g/mol. The zero-order valence-electron chi connectivity index (χ0n) is 17.7. The summed E-state index contributed by atoms with van der Waals surface area (Å²) in [6.07, 6.45) is -5.83. The van der Waals surface area contributed by atoms with Crippen LogP contribution in [0.5, 0.6) is 0 Å². The quantitative estimate of drug-likeness (QED) is 0.207. The Labute approximate surface area is 199 Å². The molecule has 9 heteroatoms. The first-order valence-corrected chi connectivity index (χ1v) is 10.8. The number of carboxylic acid groups (broad SMARTS) is 1. The van der Waals surface area contributed by atoms with E-state index >= 15 is 0 Å². The topological polar surface area (TPSA) is 49.3 Å². The highest BCUT2D eigenvalue weighted by atomic mass is 32.1. The summed E-state index contributed by atoms with van der Waals surface area (Å²) in [6, 6.07) is 24.3. The van der Waals surface area contributed by atoms with Crippen LogP contribution >= 0.6 is 12.6 Å². The van der Waals surface area contributed by atoms with Crippen molar-refractivity contribution in [2.45, 2.75) is 28.8 Å². The van der Waals surface area contributed by atoms with Crippen LogP contribution in [0.1, 0.15) is 16.7 Å². The lowest BCUT2D eigenvalue weighted by atomic mass is 9.65. The molecule has 0 heterocycles. The summed E-state index contributed by atoms with van der Waals surface area (Å²) in [5, 5.41) is 10.6. The van der Waals surface area contributed by atoms with Gasteiger partial charge >= 0.3 is 18.1 Å². The van der Waals surface area contributed by atoms with Crippen LogP contribution < -0.4 is 5.32 Å². The standard InChI is InChI=1S/C25H22F5NO2S/c26-23(27,25(28,29)30)16-31-20(22(32)33)21(34)24(17-10-4-1-5-11-17,18-12-6-2-7-13-18)19-14-8-3-9-15-19/h1-15,20-21,31,34H,16H2,(H,32,33). The number of carboxylic acids is 1. The molecule has 2 atom stereocenters. The minimum Gasteiger partial charge on any atom is -0.480 e. The van der Waals surface area contributed by atoms with Crippen molar-refractivity contribution in [1.29, 1.82) is 0 Å². The molecule has 3 nitrogen and oxygen atoms in total. The molecule has 0 fully saturated rings. The molecule has 0 aliphatic carbocycles. The Morgan fingerprint density at radius 3 is 1.41 bits per heavy atom. The van der Waals surface area contributed by atoms with Gasteiger partial charge in [0.25, 0.3) is 0 Å². The molecule has 0 aliphatic rings. The van der Waals surface area contributed by atoms with Crippen molar-refractivity contribution in [3.8, 4) is 0 Å². The Bertz CT molecular complexity index is 982. The summed E-state index contributed by atoms with van der Waals surface area (Å²) in [6.45, 7) is -1.90. The van der Waals surface area contributed by atoms with E-state index in [1.54, 1.807) is 91.0 Å². The fraction of sp³-hybridized carbons (Fsp3) is 0.240. The minimum atomic E-state index is -5.83. The predicted molar refractivity (Wildman–Crippen MR) is 122 cm³/mol. The van der Waals surface area contributed by atoms with Crippen molar-refractivity contribution in [2.75, 3.05) is 6.54 Å². The van der Waals surface area contributed by atoms with Crippen molar-refractivity contribution in [2.24, 2.45) is 0 Å². The lowest BCUT2D eigenvalue weighted by molar-refractivity contribution is -0.279. The van der Waals surface area contributed by atoms with E-state index in [9.17, 15) is 31.9 Å². The molecule has 0 amide bonds. The fourth-order valence-electron chi connectivity index (χ4n) is 4.04. The molecule has 2 N–H and O–H groups in total. The van der Waals surface area contributed by atoms with Gasteiger partial charge in [-0.15, -0.1) is 0 Å². The maximum absolute atomic E-state index is 13.7. The number of aliphatic carboxylic acids is 1. The first-order chi connectivity index (χ1) is 16.0. The average molecular weight is 496 g/mol. The van der Waals surface area contributed by atoms with Gasteiger partial charge in [-0.2, -0.15) is 34.6 Å². The van der Waals surface area contributed by atoms with E-state index in [0.717, 1.165) is 0 Å². The SMILES string of the molecule is O=C(O)C(NCC(F)(F)C(F)(F)F)C(S)C(c1ccccc1)(c1ccccc1)c1ccccc1. The van der Waals surface area contributed by atoms with Gasteiger partial charge in [0.05, 0.1) is 12.0 Å². The summed E-state index contributed by atoms with van der Waals surface area (Å²) in [5.41, 5.74) is 0.491. The van der Waals surface area contributed by atoms with Gasteiger partial charge < -0.3 is 5.11 Å². The lowest BCUT2D eigenvalue weighted by Crippen LogP contribution is -2.57. The number of benzene rings is 3. The smallest absolute Gasteiger partial charge is 0.454 e. The number of thiol groups is 1. The van der Waals surface area contributed by atoms with Crippen LogP contribution in [0.4, 0.5) is 22.0 Å². The van der Waals surface area contributed by atoms with Crippen LogP contribution in [0.15, 0.2) is 91.0 Å². The molecule has 0 bridgehead atoms. The number of rotatable bonds is 9. The third-order valence-electron chi connectivity index (χ3n) is 5.67. The van der Waals surface area contributed by atoms with E-state index in [2.05, 4.69) is 12.6 Å². The maximum Gasteiger partial charge on any atom is 0.454 e. The first-order valence-electron chi connectivity index (χ1n) is 10.3. The van der Waals surface area contributed by atoms with Crippen LogP contribution in [0.3, 0.4) is 0 Å². The van der Waals surface area contributed by atoms with E-state index in [4.69, 9.17) is 0 Å². The molecule has 0 saturated heterocycles. The van der Waals surface area contributed by atoms with Gasteiger partial charge in [-0.3, -0.25) is 10.1 Å². The summed E-state index contributed by atoms with van der Waals surface area (Å²) in [5.74, 6) is -6.73. The predicted octanol–water partition coefficient (Wildman–Crippen LogP) is 5.56. The summed E-state index contributed by atoms with van der Waals surface area (Å²) >= 11 is 4.61. The number of halogens is 5. The number of hydrogen-bond donors (Lipinski definition) is 3. The highest BCUT2D eigenvalue weighted by Gasteiger charge is 2.58. The summed E-state index contributed by atoms with van der Waals surface area (Å²) < 4.78 is 65.6. The van der Waals surface area contributed by atoms with E-state index < -0.39 is 41.3 Å². The molecule has 3 aromatic carbocycles. The second-order valence-corrected chi connectivity index (χ2v) is 8.31. The maximum atomic E-state index is 13.7. The van der Waals surface area contributed by atoms with Gasteiger partial charge in [0, 0.05) is 5.25 Å². The number of hydrogen-bond acceptors (Lipinski definition) is 3. The molecule has 34 heavy (non-hydrogen) atoms. The van der Waals surface area contributed by atoms with E-state index in [-0.39, 0.29) is 0 Å². The summed E-state index contributed by atoms with van der Waals surface area (Å²) in [4.78, 5) is 12.2. The second-order valence-electron chi connectivity index (χ2n) is 7.75. The van der Waals surface area contributed by atoms with Gasteiger partial charge in [0.1, 0.15) is 6.04 Å². The number of alkyl halides is 5. The lowest BCUT2D eigenvalue weighted by Gasteiger charge is -2.43. The molecule has 0 saturated carbocycles. The van der Waals surface area contributed by atoms with E-state index in [1.807, 2.05) is 5.32 Å². The Hall–Kier alpha value is -2.91. The van der Waals surface area contributed by atoms with Gasteiger partial charge in [0.15, 0.2) is 0 Å². The molecular formula is C25H22F5NO2S. The second kappa shape index (κ2) is 10.1.